The van der Waals surface area contributed by atoms with Gasteiger partial charge in [0, 0.05) is 23.1 Å². The van der Waals surface area contributed by atoms with Gasteiger partial charge in [-0.05, 0) is 12.5 Å². The third kappa shape index (κ3) is 4.60. The molecule has 0 aliphatic heterocycles. The summed E-state index contributed by atoms with van der Waals surface area (Å²) >= 11 is 3.09. The van der Waals surface area contributed by atoms with Gasteiger partial charge in [-0.15, -0.1) is 24.5 Å². The molecule has 9 heteroatoms. The van der Waals surface area contributed by atoms with E-state index in [2.05, 4.69) is 35.1 Å². The summed E-state index contributed by atoms with van der Waals surface area (Å²) < 4.78 is 27.9. The van der Waals surface area contributed by atoms with Crippen molar-refractivity contribution < 1.29 is 13.5 Å². The number of fused-ring (bicyclic) bond motifs is 2. The van der Waals surface area contributed by atoms with E-state index < -0.39 is 5.82 Å². The fourth-order valence-electron chi connectivity index (χ4n) is 3.56. The van der Waals surface area contributed by atoms with Crippen molar-refractivity contribution in [2.45, 2.75) is 20.0 Å². The van der Waals surface area contributed by atoms with Gasteiger partial charge in [-0.2, -0.15) is 5.10 Å². The molecule has 6 rings (SSSR count). The number of rotatable bonds is 6. The minimum Gasteiger partial charge on any atom is -0.486 e. The van der Waals surface area contributed by atoms with Crippen LogP contribution in [0, 0.1) is 5.82 Å². The van der Waals surface area contributed by atoms with Crippen molar-refractivity contribution in [2.24, 2.45) is 0 Å². The summed E-state index contributed by atoms with van der Waals surface area (Å²) in [5.74, 6) is 0.514. The van der Waals surface area contributed by atoms with E-state index in [-0.39, 0.29) is 6.61 Å². The van der Waals surface area contributed by atoms with Crippen LogP contribution in [0.2, 0.25) is 0 Å². The first kappa shape index (κ1) is 22.9. The molecule has 35 heavy (non-hydrogen) atoms. The second-order valence-electron chi connectivity index (χ2n) is 7.43. The van der Waals surface area contributed by atoms with E-state index in [9.17, 15) is 4.39 Å². The Morgan fingerprint density at radius 1 is 1.11 bits per heavy atom. The highest BCUT2D eigenvalue weighted by molar-refractivity contribution is 7.16. The molecule has 0 saturated carbocycles. The van der Waals surface area contributed by atoms with E-state index in [4.69, 9.17) is 9.15 Å². The molecule has 2 aromatic carbocycles. The van der Waals surface area contributed by atoms with E-state index in [1.807, 2.05) is 48.0 Å². The second kappa shape index (κ2) is 9.81. The molecule has 0 atom stereocenters. The van der Waals surface area contributed by atoms with Gasteiger partial charge in [0.15, 0.2) is 5.76 Å². The Kier molecular flexibility index (Phi) is 6.43. The van der Waals surface area contributed by atoms with Gasteiger partial charge in [-0.3, -0.25) is 0 Å². The standard InChI is InChI=1S/C24H17FN4O2S2.C2H4/c1-2-22-28-29-11-18(27-24(29)33-22)21-10-17-19(8-15(25)9-20(17)31-21)30-12-16-13-32-23(26-16)14-6-4-3-5-7-14;1-2/h3-11,13H,2,12H2,1H3;1-2H2. The quantitative estimate of drug-likeness (QED) is 0.221. The van der Waals surface area contributed by atoms with E-state index >= 15 is 0 Å². The number of thiazole rings is 1. The van der Waals surface area contributed by atoms with Crippen LogP contribution in [-0.4, -0.2) is 19.6 Å². The summed E-state index contributed by atoms with van der Waals surface area (Å²) in [6, 6.07) is 14.5. The Balaban J connectivity index is 0.00000124. The molecule has 176 valence electrons. The van der Waals surface area contributed by atoms with Crippen LogP contribution >= 0.6 is 22.7 Å². The van der Waals surface area contributed by atoms with Crippen molar-refractivity contribution in [3.8, 4) is 27.8 Å². The van der Waals surface area contributed by atoms with Gasteiger partial charge in [-0.25, -0.2) is 18.9 Å². The van der Waals surface area contributed by atoms with Gasteiger partial charge in [0.05, 0.1) is 17.3 Å². The maximum Gasteiger partial charge on any atom is 0.212 e. The molecule has 0 N–H and O–H groups in total. The summed E-state index contributed by atoms with van der Waals surface area (Å²) in [5, 5.41) is 9.06. The number of hydrogen-bond donors (Lipinski definition) is 0. The first-order valence-electron chi connectivity index (χ1n) is 10.9. The van der Waals surface area contributed by atoms with Gasteiger partial charge in [0.25, 0.3) is 0 Å². The smallest absolute Gasteiger partial charge is 0.212 e. The number of ether oxygens (including phenoxy) is 1. The molecule has 0 fully saturated rings. The largest absolute Gasteiger partial charge is 0.486 e. The molecule has 0 bridgehead atoms. The minimum absolute atomic E-state index is 0.228. The van der Waals surface area contributed by atoms with Crippen LogP contribution in [0.15, 0.2) is 77.7 Å². The zero-order chi connectivity index (χ0) is 24.4. The van der Waals surface area contributed by atoms with Crippen molar-refractivity contribution in [3.05, 3.63) is 89.8 Å². The number of halogens is 1. The second-order valence-corrected chi connectivity index (χ2v) is 9.33. The van der Waals surface area contributed by atoms with Gasteiger partial charge in [0.1, 0.15) is 39.5 Å². The Morgan fingerprint density at radius 2 is 1.94 bits per heavy atom. The average molecular weight is 505 g/mol. The van der Waals surface area contributed by atoms with Crippen molar-refractivity contribution in [1.82, 2.24) is 19.6 Å². The highest BCUT2D eigenvalue weighted by Crippen LogP contribution is 2.35. The zero-order valence-corrected chi connectivity index (χ0v) is 20.5. The number of aryl methyl sites for hydroxylation is 1. The molecular formula is C26H21FN4O2S2. The Hall–Kier alpha value is -3.82. The topological polar surface area (TPSA) is 65.5 Å². The molecule has 4 heterocycles. The van der Waals surface area contributed by atoms with Gasteiger partial charge in [0.2, 0.25) is 4.96 Å². The van der Waals surface area contributed by atoms with E-state index in [1.165, 1.54) is 23.5 Å². The number of imidazole rings is 1. The average Bonchev–Trinajstić information content (AvgIpc) is 3.66. The fourth-order valence-corrected chi connectivity index (χ4v) is 5.19. The van der Waals surface area contributed by atoms with Gasteiger partial charge >= 0.3 is 0 Å². The number of nitrogens with zero attached hydrogens (tertiary/aromatic N) is 4. The molecule has 6 nitrogen and oxygen atoms in total. The Morgan fingerprint density at radius 3 is 2.71 bits per heavy atom. The number of benzene rings is 2. The molecule has 4 aromatic heterocycles. The maximum absolute atomic E-state index is 14.3. The summed E-state index contributed by atoms with van der Waals surface area (Å²) in [4.78, 5) is 10.0. The molecule has 6 aromatic rings. The first-order valence-corrected chi connectivity index (χ1v) is 12.6. The molecule has 0 radical (unpaired) electrons. The van der Waals surface area contributed by atoms with Crippen LogP contribution < -0.4 is 4.74 Å². The number of aromatic nitrogens is 4. The molecule has 0 aliphatic rings. The van der Waals surface area contributed by atoms with Crippen molar-refractivity contribution in [1.29, 1.82) is 0 Å². The Labute approximate surface area is 209 Å². The van der Waals surface area contributed by atoms with Crippen LogP contribution in [0.25, 0.3) is 38.0 Å². The monoisotopic (exact) mass is 504 g/mol. The third-order valence-electron chi connectivity index (χ3n) is 5.15. The van der Waals surface area contributed by atoms with Crippen LogP contribution in [0.5, 0.6) is 5.75 Å². The van der Waals surface area contributed by atoms with Gasteiger partial charge < -0.3 is 9.15 Å². The van der Waals surface area contributed by atoms with Crippen LogP contribution in [-0.2, 0) is 13.0 Å². The first-order chi connectivity index (χ1) is 17.2. The molecule has 0 spiro atoms. The van der Waals surface area contributed by atoms with Crippen LogP contribution in [0.1, 0.15) is 17.6 Å². The molecule has 0 aliphatic carbocycles. The molecular weight excluding hydrogens is 483 g/mol. The predicted octanol–water partition coefficient (Wildman–Crippen LogP) is 7.41. The summed E-state index contributed by atoms with van der Waals surface area (Å²) in [6.07, 6.45) is 2.68. The third-order valence-corrected chi connectivity index (χ3v) is 7.16. The fraction of sp³-hybridized carbons (Fsp3) is 0.115. The summed E-state index contributed by atoms with van der Waals surface area (Å²) in [5.41, 5.74) is 2.89. The summed E-state index contributed by atoms with van der Waals surface area (Å²) in [7, 11) is 0. The van der Waals surface area contributed by atoms with Gasteiger partial charge in [-0.1, -0.05) is 48.6 Å². The van der Waals surface area contributed by atoms with E-state index in [0.29, 0.717) is 28.2 Å². The normalized spacial score (nSPS) is 11.0. The maximum atomic E-state index is 14.3. The van der Waals surface area contributed by atoms with E-state index in [1.54, 1.807) is 15.9 Å². The molecule has 0 unspecified atom stereocenters. The summed E-state index contributed by atoms with van der Waals surface area (Å²) in [6.45, 7) is 8.29. The number of furan rings is 1. The van der Waals surface area contributed by atoms with E-state index in [0.717, 1.165) is 32.7 Å². The lowest BCUT2D eigenvalue weighted by Crippen LogP contribution is -1.96. The molecule has 0 amide bonds. The van der Waals surface area contributed by atoms with Crippen molar-refractivity contribution in [3.63, 3.8) is 0 Å². The molecule has 0 saturated heterocycles. The highest BCUT2D eigenvalue weighted by Gasteiger charge is 2.17. The number of hydrogen-bond acceptors (Lipinski definition) is 7. The lowest BCUT2D eigenvalue weighted by atomic mass is 10.2. The Bertz CT molecular complexity index is 1570. The lowest BCUT2D eigenvalue weighted by molar-refractivity contribution is 0.304. The van der Waals surface area contributed by atoms with Crippen molar-refractivity contribution >= 4 is 38.6 Å². The minimum atomic E-state index is -0.429. The lowest BCUT2D eigenvalue weighted by Gasteiger charge is -2.05. The SMILES string of the molecule is C=C.CCc1nn2cc(-c3cc4c(OCc5csc(-c6ccccc6)n5)cc(F)cc4o3)nc2s1. The predicted molar refractivity (Wildman–Crippen MR) is 139 cm³/mol. The zero-order valence-electron chi connectivity index (χ0n) is 18.9. The van der Waals surface area contributed by atoms with Crippen LogP contribution in [0.4, 0.5) is 4.39 Å². The highest BCUT2D eigenvalue weighted by atomic mass is 32.1. The van der Waals surface area contributed by atoms with Crippen molar-refractivity contribution in [2.75, 3.05) is 0 Å². The van der Waals surface area contributed by atoms with Crippen LogP contribution in [0.3, 0.4) is 0 Å².